The number of nitrogens with one attached hydrogen (secondary N) is 1. The Labute approximate surface area is 147 Å². The van der Waals surface area contributed by atoms with Crippen LogP contribution in [-0.2, 0) is 11.3 Å². The first-order chi connectivity index (χ1) is 12.2. The normalized spacial score (nSPS) is 14.9. The van der Waals surface area contributed by atoms with Crippen LogP contribution in [0.1, 0.15) is 46.2 Å². The molecule has 0 aliphatic carbocycles. The summed E-state index contributed by atoms with van der Waals surface area (Å²) in [5, 5.41) is 11.7. The predicted molar refractivity (Wildman–Crippen MR) is 93.2 cm³/mol. The Hall–Kier alpha value is -2.65. The zero-order valence-corrected chi connectivity index (χ0v) is 14.4. The lowest BCUT2D eigenvalue weighted by Gasteiger charge is -2.23. The zero-order valence-electron chi connectivity index (χ0n) is 14.4. The Morgan fingerprint density at radius 1 is 1.36 bits per heavy atom. The van der Waals surface area contributed by atoms with Crippen LogP contribution in [0.5, 0.6) is 0 Å². The smallest absolute Gasteiger partial charge is 0.251 e. The van der Waals surface area contributed by atoms with Gasteiger partial charge in [-0.25, -0.2) is 4.98 Å². The summed E-state index contributed by atoms with van der Waals surface area (Å²) in [5.41, 5.74) is 2.21. The summed E-state index contributed by atoms with van der Waals surface area (Å²) in [5.74, 6) is 1.39. The van der Waals surface area contributed by atoms with Crippen molar-refractivity contribution in [3.63, 3.8) is 0 Å². The average molecular weight is 338 g/mol. The number of rotatable bonds is 5. The maximum Gasteiger partial charge on any atom is 0.251 e. The molecule has 1 aliphatic heterocycles. The second-order valence-electron chi connectivity index (χ2n) is 6.24. The molecule has 3 rings (SSSR count). The molecule has 2 aromatic rings. The molecule has 6 heteroatoms. The number of amides is 1. The first-order valence-electron chi connectivity index (χ1n) is 8.57. The van der Waals surface area contributed by atoms with Crippen molar-refractivity contribution in [1.82, 2.24) is 14.9 Å². The van der Waals surface area contributed by atoms with Crippen molar-refractivity contribution in [3.8, 4) is 6.07 Å². The minimum atomic E-state index is -0.130. The molecule has 0 saturated carbocycles. The van der Waals surface area contributed by atoms with Crippen LogP contribution >= 0.6 is 0 Å². The standard InChI is InChI=1S/C19H22N4O2/c1-14-13-22-18(16-6-10-25-11-7-16)23(14)9-8-21-19(24)17-4-2-15(12-20)3-5-17/h2-5,13,16H,6-11H2,1H3,(H,21,24). The van der Waals surface area contributed by atoms with Crippen molar-refractivity contribution < 1.29 is 9.53 Å². The fourth-order valence-corrected chi connectivity index (χ4v) is 3.13. The zero-order chi connectivity index (χ0) is 17.6. The predicted octanol–water partition coefficient (Wildman–Crippen LogP) is 2.39. The molecule has 0 spiro atoms. The van der Waals surface area contributed by atoms with Crippen molar-refractivity contribution in [3.05, 3.63) is 53.1 Å². The van der Waals surface area contributed by atoms with Crippen LogP contribution in [-0.4, -0.2) is 35.2 Å². The summed E-state index contributed by atoms with van der Waals surface area (Å²) in [7, 11) is 0. The van der Waals surface area contributed by atoms with E-state index in [0.717, 1.165) is 37.6 Å². The molecule has 0 bridgehead atoms. The van der Waals surface area contributed by atoms with Gasteiger partial charge in [-0.1, -0.05) is 0 Å². The molecule has 2 heterocycles. The Morgan fingerprint density at radius 3 is 2.76 bits per heavy atom. The van der Waals surface area contributed by atoms with Gasteiger partial charge in [0.2, 0.25) is 0 Å². The minimum Gasteiger partial charge on any atom is -0.381 e. The van der Waals surface area contributed by atoms with Crippen LogP contribution in [0.4, 0.5) is 0 Å². The molecule has 0 unspecified atom stereocenters. The number of nitriles is 1. The Morgan fingerprint density at radius 2 is 2.08 bits per heavy atom. The lowest BCUT2D eigenvalue weighted by molar-refractivity contribution is 0.0827. The van der Waals surface area contributed by atoms with Gasteiger partial charge in [0, 0.05) is 49.7 Å². The third-order valence-corrected chi connectivity index (χ3v) is 4.57. The van der Waals surface area contributed by atoms with E-state index in [2.05, 4.69) is 14.9 Å². The highest BCUT2D eigenvalue weighted by molar-refractivity contribution is 5.94. The molecule has 25 heavy (non-hydrogen) atoms. The molecule has 1 aromatic carbocycles. The number of ether oxygens (including phenoxy) is 1. The van der Waals surface area contributed by atoms with Gasteiger partial charge in [-0.3, -0.25) is 4.79 Å². The van der Waals surface area contributed by atoms with E-state index in [0.29, 0.717) is 30.1 Å². The molecule has 1 fully saturated rings. The number of hydrogen-bond acceptors (Lipinski definition) is 4. The maximum atomic E-state index is 12.2. The number of aryl methyl sites for hydroxylation is 1. The Bertz CT molecular complexity index is 768. The number of imidazole rings is 1. The maximum absolute atomic E-state index is 12.2. The highest BCUT2D eigenvalue weighted by Crippen LogP contribution is 2.26. The number of carbonyl (C=O) groups excluding carboxylic acids is 1. The number of nitrogens with zero attached hydrogens (tertiary/aromatic N) is 3. The van der Waals surface area contributed by atoms with E-state index in [1.165, 1.54) is 0 Å². The van der Waals surface area contributed by atoms with Crippen LogP contribution in [0.15, 0.2) is 30.5 Å². The fraction of sp³-hybridized carbons (Fsp3) is 0.421. The first-order valence-corrected chi connectivity index (χ1v) is 8.57. The molecule has 1 saturated heterocycles. The summed E-state index contributed by atoms with van der Waals surface area (Å²) in [6.07, 6.45) is 3.88. The summed E-state index contributed by atoms with van der Waals surface area (Å²) in [6.45, 7) is 4.84. The molecule has 130 valence electrons. The molecule has 0 radical (unpaired) electrons. The molecular weight excluding hydrogens is 316 g/mol. The van der Waals surface area contributed by atoms with Gasteiger partial charge in [-0.05, 0) is 44.0 Å². The van der Waals surface area contributed by atoms with E-state index in [1.807, 2.05) is 19.2 Å². The van der Waals surface area contributed by atoms with Crippen molar-refractivity contribution >= 4 is 5.91 Å². The van der Waals surface area contributed by atoms with Gasteiger partial charge < -0.3 is 14.6 Å². The van der Waals surface area contributed by atoms with Crippen molar-refractivity contribution in [2.24, 2.45) is 0 Å². The van der Waals surface area contributed by atoms with E-state index in [1.54, 1.807) is 24.3 Å². The molecule has 1 amide bonds. The molecule has 0 atom stereocenters. The van der Waals surface area contributed by atoms with Gasteiger partial charge in [-0.2, -0.15) is 5.26 Å². The van der Waals surface area contributed by atoms with Gasteiger partial charge in [0.05, 0.1) is 11.6 Å². The molecule has 6 nitrogen and oxygen atoms in total. The molecular formula is C19H22N4O2. The minimum absolute atomic E-state index is 0.130. The SMILES string of the molecule is Cc1cnc(C2CCOCC2)n1CCNC(=O)c1ccc(C#N)cc1. The highest BCUT2D eigenvalue weighted by Gasteiger charge is 2.21. The quantitative estimate of drug-likeness (QED) is 0.908. The van der Waals surface area contributed by atoms with Crippen LogP contribution in [0.2, 0.25) is 0 Å². The topological polar surface area (TPSA) is 79.9 Å². The lowest BCUT2D eigenvalue weighted by atomic mass is 9.99. The van der Waals surface area contributed by atoms with Crippen LogP contribution in [0.3, 0.4) is 0 Å². The number of carbonyl (C=O) groups is 1. The summed E-state index contributed by atoms with van der Waals surface area (Å²) < 4.78 is 7.62. The number of benzene rings is 1. The number of aromatic nitrogens is 2. The van der Waals surface area contributed by atoms with E-state index in [-0.39, 0.29) is 5.91 Å². The molecule has 1 N–H and O–H groups in total. The van der Waals surface area contributed by atoms with Crippen molar-refractivity contribution in [2.75, 3.05) is 19.8 Å². The second-order valence-corrected chi connectivity index (χ2v) is 6.24. The largest absolute Gasteiger partial charge is 0.381 e. The number of hydrogen-bond donors (Lipinski definition) is 1. The van der Waals surface area contributed by atoms with E-state index < -0.39 is 0 Å². The van der Waals surface area contributed by atoms with E-state index in [9.17, 15) is 4.79 Å². The summed E-state index contributed by atoms with van der Waals surface area (Å²) in [6, 6.07) is 8.69. The summed E-state index contributed by atoms with van der Waals surface area (Å²) in [4.78, 5) is 16.8. The van der Waals surface area contributed by atoms with Gasteiger partial charge in [0.1, 0.15) is 5.82 Å². The Kier molecular flexibility index (Phi) is 5.46. The van der Waals surface area contributed by atoms with Crippen molar-refractivity contribution in [2.45, 2.75) is 32.2 Å². The molecule has 1 aromatic heterocycles. The second kappa shape index (κ2) is 7.95. The average Bonchev–Trinajstić information content (AvgIpc) is 3.03. The third-order valence-electron chi connectivity index (χ3n) is 4.57. The highest BCUT2D eigenvalue weighted by atomic mass is 16.5. The van der Waals surface area contributed by atoms with Crippen LogP contribution in [0, 0.1) is 18.3 Å². The van der Waals surface area contributed by atoms with Gasteiger partial charge >= 0.3 is 0 Å². The summed E-state index contributed by atoms with van der Waals surface area (Å²) >= 11 is 0. The first kappa shape index (κ1) is 17.2. The van der Waals surface area contributed by atoms with E-state index >= 15 is 0 Å². The monoisotopic (exact) mass is 338 g/mol. The fourth-order valence-electron chi connectivity index (χ4n) is 3.13. The van der Waals surface area contributed by atoms with E-state index in [4.69, 9.17) is 10.00 Å². The van der Waals surface area contributed by atoms with Gasteiger partial charge in [-0.15, -0.1) is 0 Å². The van der Waals surface area contributed by atoms with Crippen LogP contribution < -0.4 is 5.32 Å². The Balaban J connectivity index is 1.59. The third kappa shape index (κ3) is 4.06. The van der Waals surface area contributed by atoms with Gasteiger partial charge in [0.15, 0.2) is 0 Å². The van der Waals surface area contributed by atoms with Gasteiger partial charge in [0.25, 0.3) is 5.91 Å². The van der Waals surface area contributed by atoms with Crippen LogP contribution in [0.25, 0.3) is 0 Å². The molecule has 1 aliphatic rings. The lowest BCUT2D eigenvalue weighted by Crippen LogP contribution is -2.28. The van der Waals surface area contributed by atoms with Crippen molar-refractivity contribution in [1.29, 1.82) is 5.26 Å².